The van der Waals surface area contributed by atoms with Gasteiger partial charge >= 0.3 is 5.97 Å². The van der Waals surface area contributed by atoms with E-state index < -0.39 is 5.97 Å². The molecule has 1 aliphatic heterocycles. The lowest BCUT2D eigenvalue weighted by Gasteiger charge is -2.33. The van der Waals surface area contributed by atoms with Crippen LogP contribution in [0.1, 0.15) is 20.3 Å². The van der Waals surface area contributed by atoms with Crippen molar-refractivity contribution in [2.75, 3.05) is 11.4 Å². The van der Waals surface area contributed by atoms with E-state index in [2.05, 4.69) is 18.7 Å². The average Bonchev–Trinajstić information content (AvgIpc) is 2.56. The summed E-state index contributed by atoms with van der Waals surface area (Å²) in [6.07, 6.45) is 0.672. The van der Waals surface area contributed by atoms with Crippen molar-refractivity contribution in [1.29, 1.82) is 0 Å². The van der Waals surface area contributed by atoms with Gasteiger partial charge in [0.15, 0.2) is 0 Å². The van der Waals surface area contributed by atoms with Crippen molar-refractivity contribution < 1.29 is 9.90 Å². The predicted molar refractivity (Wildman–Crippen MR) is 68.6 cm³/mol. The Kier molecular flexibility index (Phi) is 3.04. The molecule has 2 rings (SSSR count). The number of anilines is 1. The number of carboxylic acid groups (broad SMARTS) is 1. The van der Waals surface area contributed by atoms with Gasteiger partial charge in [0.1, 0.15) is 0 Å². The van der Waals surface area contributed by atoms with Crippen LogP contribution in [0.5, 0.6) is 0 Å². The third-order valence-electron chi connectivity index (χ3n) is 3.37. The number of benzene rings is 1. The molecule has 1 fully saturated rings. The van der Waals surface area contributed by atoms with Gasteiger partial charge < -0.3 is 10.0 Å². The van der Waals surface area contributed by atoms with Crippen LogP contribution < -0.4 is 4.90 Å². The van der Waals surface area contributed by atoms with Gasteiger partial charge in [-0.2, -0.15) is 0 Å². The minimum absolute atomic E-state index is 0.128. The van der Waals surface area contributed by atoms with Crippen molar-refractivity contribution in [3.05, 3.63) is 29.3 Å². The van der Waals surface area contributed by atoms with E-state index in [-0.39, 0.29) is 11.5 Å². The molecule has 0 saturated carbocycles. The standard InChI is InChI=1S/C13H16ClNO2/c1-13(2)7-9(12(16)17)8-15(13)11-5-3-10(14)4-6-11/h3-6,9H,7-8H2,1-2H3,(H,16,17). The first kappa shape index (κ1) is 12.2. The third-order valence-corrected chi connectivity index (χ3v) is 3.62. The Morgan fingerprint density at radius 1 is 1.41 bits per heavy atom. The molecule has 0 spiro atoms. The summed E-state index contributed by atoms with van der Waals surface area (Å²) < 4.78 is 0. The van der Waals surface area contributed by atoms with Crippen LogP contribution in [0.3, 0.4) is 0 Å². The molecule has 0 aliphatic carbocycles. The van der Waals surface area contributed by atoms with Crippen molar-refractivity contribution in [2.24, 2.45) is 5.92 Å². The van der Waals surface area contributed by atoms with Crippen LogP contribution in [0.2, 0.25) is 5.02 Å². The maximum atomic E-state index is 11.1. The molecule has 17 heavy (non-hydrogen) atoms. The van der Waals surface area contributed by atoms with Crippen LogP contribution in [0.25, 0.3) is 0 Å². The summed E-state index contributed by atoms with van der Waals surface area (Å²) in [5, 5.41) is 9.80. The highest BCUT2D eigenvalue weighted by Gasteiger charge is 2.41. The number of hydrogen-bond donors (Lipinski definition) is 1. The second-order valence-electron chi connectivity index (χ2n) is 5.14. The zero-order chi connectivity index (χ0) is 12.6. The molecule has 1 aromatic carbocycles. The topological polar surface area (TPSA) is 40.5 Å². The molecular weight excluding hydrogens is 238 g/mol. The van der Waals surface area contributed by atoms with Gasteiger partial charge in [0.2, 0.25) is 0 Å². The molecule has 0 bridgehead atoms. The van der Waals surface area contributed by atoms with Gasteiger partial charge in [-0.1, -0.05) is 11.6 Å². The fourth-order valence-corrected chi connectivity index (χ4v) is 2.61. The SMILES string of the molecule is CC1(C)CC(C(=O)O)CN1c1ccc(Cl)cc1. The summed E-state index contributed by atoms with van der Waals surface area (Å²) in [6, 6.07) is 7.55. The molecule has 0 aromatic heterocycles. The van der Waals surface area contributed by atoms with E-state index in [9.17, 15) is 4.79 Å². The molecule has 1 heterocycles. The van der Waals surface area contributed by atoms with Gasteiger partial charge in [0.25, 0.3) is 0 Å². The molecule has 1 unspecified atom stereocenters. The summed E-state index contributed by atoms with van der Waals surface area (Å²) >= 11 is 5.86. The van der Waals surface area contributed by atoms with Crippen molar-refractivity contribution in [3.8, 4) is 0 Å². The first-order valence-electron chi connectivity index (χ1n) is 5.66. The number of aliphatic carboxylic acids is 1. The second kappa shape index (κ2) is 4.22. The highest BCUT2D eigenvalue weighted by Crippen LogP contribution is 2.37. The Hall–Kier alpha value is -1.22. The van der Waals surface area contributed by atoms with Crippen LogP contribution in [-0.2, 0) is 4.79 Å². The van der Waals surface area contributed by atoms with Crippen LogP contribution in [0.4, 0.5) is 5.69 Å². The zero-order valence-corrected chi connectivity index (χ0v) is 10.7. The molecule has 0 radical (unpaired) electrons. The molecule has 1 saturated heterocycles. The number of hydrogen-bond acceptors (Lipinski definition) is 2. The van der Waals surface area contributed by atoms with Crippen LogP contribution in [0.15, 0.2) is 24.3 Å². The second-order valence-corrected chi connectivity index (χ2v) is 5.58. The largest absolute Gasteiger partial charge is 0.481 e. The summed E-state index contributed by atoms with van der Waals surface area (Å²) in [7, 11) is 0. The van der Waals surface area contributed by atoms with Gasteiger partial charge in [-0.3, -0.25) is 4.79 Å². The van der Waals surface area contributed by atoms with E-state index in [0.29, 0.717) is 18.0 Å². The Balaban J connectivity index is 2.26. The molecule has 1 aromatic rings. The fraction of sp³-hybridized carbons (Fsp3) is 0.462. The molecule has 3 nitrogen and oxygen atoms in total. The van der Waals surface area contributed by atoms with Crippen LogP contribution in [0, 0.1) is 5.92 Å². The Morgan fingerprint density at radius 3 is 2.47 bits per heavy atom. The summed E-state index contributed by atoms with van der Waals surface area (Å²) in [5.74, 6) is -1.00. The first-order valence-corrected chi connectivity index (χ1v) is 6.04. The molecule has 1 atom stereocenters. The Labute approximate surface area is 106 Å². The van der Waals surface area contributed by atoms with E-state index >= 15 is 0 Å². The minimum atomic E-state index is -0.713. The molecule has 1 N–H and O–H groups in total. The summed E-state index contributed by atoms with van der Waals surface area (Å²) in [6.45, 7) is 4.71. The van der Waals surface area contributed by atoms with Crippen molar-refractivity contribution >= 4 is 23.3 Å². The van der Waals surface area contributed by atoms with Crippen LogP contribution >= 0.6 is 11.6 Å². The maximum Gasteiger partial charge on any atom is 0.308 e. The third kappa shape index (κ3) is 2.39. The average molecular weight is 254 g/mol. The lowest BCUT2D eigenvalue weighted by molar-refractivity contribution is -0.141. The van der Waals surface area contributed by atoms with Crippen molar-refractivity contribution in [1.82, 2.24) is 0 Å². The fourth-order valence-electron chi connectivity index (χ4n) is 2.49. The summed E-state index contributed by atoms with van der Waals surface area (Å²) in [5.41, 5.74) is 0.903. The quantitative estimate of drug-likeness (QED) is 0.881. The normalized spacial score (nSPS) is 22.8. The number of carboxylic acids is 1. The maximum absolute atomic E-state index is 11.1. The molecule has 4 heteroatoms. The first-order chi connectivity index (χ1) is 7.90. The van der Waals surface area contributed by atoms with Gasteiger partial charge in [0, 0.05) is 22.8 Å². The minimum Gasteiger partial charge on any atom is -0.481 e. The molecule has 0 amide bonds. The van der Waals surface area contributed by atoms with Gasteiger partial charge in [-0.15, -0.1) is 0 Å². The number of halogens is 1. The lowest BCUT2D eigenvalue weighted by Crippen LogP contribution is -2.38. The Bertz CT molecular complexity index is 428. The van der Waals surface area contributed by atoms with E-state index in [1.54, 1.807) is 0 Å². The van der Waals surface area contributed by atoms with Gasteiger partial charge in [-0.05, 0) is 44.5 Å². The van der Waals surface area contributed by atoms with E-state index in [1.807, 2.05) is 24.3 Å². The number of rotatable bonds is 2. The monoisotopic (exact) mass is 253 g/mol. The molecular formula is C13H16ClNO2. The smallest absolute Gasteiger partial charge is 0.308 e. The highest BCUT2D eigenvalue weighted by molar-refractivity contribution is 6.30. The van der Waals surface area contributed by atoms with Crippen LogP contribution in [-0.4, -0.2) is 23.2 Å². The van der Waals surface area contributed by atoms with E-state index in [4.69, 9.17) is 16.7 Å². The van der Waals surface area contributed by atoms with Crippen molar-refractivity contribution in [2.45, 2.75) is 25.8 Å². The number of carbonyl (C=O) groups is 1. The zero-order valence-electron chi connectivity index (χ0n) is 9.98. The lowest BCUT2D eigenvalue weighted by atomic mass is 9.96. The van der Waals surface area contributed by atoms with Crippen molar-refractivity contribution in [3.63, 3.8) is 0 Å². The molecule has 1 aliphatic rings. The predicted octanol–water partition coefficient (Wildman–Crippen LogP) is 3.03. The van der Waals surface area contributed by atoms with Gasteiger partial charge in [0.05, 0.1) is 5.92 Å². The molecule has 92 valence electrons. The van der Waals surface area contributed by atoms with Gasteiger partial charge in [-0.25, -0.2) is 0 Å². The highest BCUT2D eigenvalue weighted by atomic mass is 35.5. The number of nitrogens with zero attached hydrogens (tertiary/aromatic N) is 1. The van der Waals surface area contributed by atoms with E-state index in [1.165, 1.54) is 0 Å². The summed E-state index contributed by atoms with van der Waals surface area (Å²) in [4.78, 5) is 13.2. The van der Waals surface area contributed by atoms with E-state index in [0.717, 1.165) is 5.69 Å². The Morgan fingerprint density at radius 2 is 2.00 bits per heavy atom.